The minimum Gasteiger partial charge on any atom is -0.337 e. The van der Waals surface area contributed by atoms with Crippen molar-refractivity contribution in [2.75, 3.05) is 19.6 Å². The van der Waals surface area contributed by atoms with E-state index in [2.05, 4.69) is 10.2 Å². The number of carbonyl (C=O) groups excluding carboxylic acids is 1. The van der Waals surface area contributed by atoms with Crippen LogP contribution < -0.4 is 5.73 Å². The van der Waals surface area contributed by atoms with Crippen LogP contribution in [-0.4, -0.2) is 40.6 Å². The van der Waals surface area contributed by atoms with Crippen molar-refractivity contribution in [3.8, 4) is 11.3 Å². The quantitative estimate of drug-likeness (QED) is 0.912. The van der Waals surface area contributed by atoms with E-state index in [4.69, 9.17) is 17.3 Å². The van der Waals surface area contributed by atoms with E-state index in [-0.39, 0.29) is 5.91 Å². The van der Waals surface area contributed by atoms with Crippen molar-refractivity contribution < 1.29 is 4.79 Å². The Labute approximate surface area is 128 Å². The Hall–Kier alpha value is -1.85. The molecular weight excluding hydrogens is 288 g/mol. The number of aromatic nitrogens is 2. The van der Waals surface area contributed by atoms with E-state index in [0.29, 0.717) is 23.2 Å². The summed E-state index contributed by atoms with van der Waals surface area (Å²) in [5.74, 6) is 0.395. The van der Waals surface area contributed by atoms with Crippen molar-refractivity contribution in [1.29, 1.82) is 0 Å². The van der Waals surface area contributed by atoms with E-state index in [0.717, 1.165) is 30.8 Å². The average molecular weight is 305 g/mol. The second-order valence-corrected chi connectivity index (χ2v) is 5.75. The minimum absolute atomic E-state index is 0.0151. The zero-order valence-corrected chi connectivity index (χ0v) is 12.3. The summed E-state index contributed by atoms with van der Waals surface area (Å²) in [7, 11) is 0. The first kappa shape index (κ1) is 14.1. The fourth-order valence-electron chi connectivity index (χ4n) is 2.58. The molecule has 2 aromatic rings. The highest BCUT2D eigenvalue weighted by atomic mass is 35.5. The van der Waals surface area contributed by atoms with Gasteiger partial charge in [-0.05, 0) is 37.1 Å². The molecule has 0 unspecified atom stereocenters. The summed E-state index contributed by atoms with van der Waals surface area (Å²) in [4.78, 5) is 14.2. The number of benzene rings is 1. The lowest BCUT2D eigenvalue weighted by Crippen LogP contribution is -2.30. The van der Waals surface area contributed by atoms with Gasteiger partial charge in [-0.2, -0.15) is 5.10 Å². The average Bonchev–Trinajstić information content (AvgIpc) is 3.16. The Morgan fingerprint density at radius 2 is 2.19 bits per heavy atom. The number of likely N-dealkylation sites (tertiary alicyclic amines) is 1. The molecule has 1 aromatic heterocycles. The molecular formula is C15H17ClN4O. The smallest absolute Gasteiger partial charge is 0.271 e. The van der Waals surface area contributed by atoms with Gasteiger partial charge in [0.2, 0.25) is 0 Å². The van der Waals surface area contributed by atoms with Crippen molar-refractivity contribution in [1.82, 2.24) is 15.1 Å². The molecule has 5 nitrogen and oxygen atoms in total. The van der Waals surface area contributed by atoms with E-state index in [1.165, 1.54) is 0 Å². The molecule has 1 saturated heterocycles. The van der Waals surface area contributed by atoms with Crippen molar-refractivity contribution in [3.05, 3.63) is 41.0 Å². The number of aromatic amines is 1. The maximum absolute atomic E-state index is 12.4. The Bertz CT molecular complexity index is 637. The van der Waals surface area contributed by atoms with Crippen LogP contribution in [0.3, 0.4) is 0 Å². The summed E-state index contributed by atoms with van der Waals surface area (Å²) < 4.78 is 0. The predicted octanol–water partition coefficient (Wildman–Crippen LogP) is 2.15. The standard InChI is InChI=1S/C15H17ClN4O/c16-12-3-1-11(2-4-12)13-7-14(19-18-13)15(21)20-6-5-10(8-17)9-20/h1-4,7,10H,5-6,8-9,17H2,(H,18,19)/t10-/m1/s1. The number of hydrogen-bond acceptors (Lipinski definition) is 3. The lowest BCUT2D eigenvalue weighted by Gasteiger charge is -2.14. The number of carbonyl (C=O) groups is 1. The van der Waals surface area contributed by atoms with Gasteiger partial charge in [-0.3, -0.25) is 9.89 Å². The van der Waals surface area contributed by atoms with Gasteiger partial charge in [0.05, 0.1) is 5.69 Å². The van der Waals surface area contributed by atoms with E-state index in [1.54, 1.807) is 18.2 Å². The van der Waals surface area contributed by atoms with Gasteiger partial charge in [-0.1, -0.05) is 23.7 Å². The van der Waals surface area contributed by atoms with Crippen LogP contribution in [0.5, 0.6) is 0 Å². The summed E-state index contributed by atoms with van der Waals surface area (Å²) in [5, 5.41) is 7.71. The zero-order valence-electron chi connectivity index (χ0n) is 11.6. The first-order valence-corrected chi connectivity index (χ1v) is 7.36. The normalized spacial score (nSPS) is 18.2. The number of rotatable bonds is 3. The van der Waals surface area contributed by atoms with Crippen LogP contribution in [0.2, 0.25) is 5.02 Å². The molecule has 0 bridgehead atoms. The highest BCUT2D eigenvalue weighted by molar-refractivity contribution is 6.30. The predicted molar refractivity (Wildman–Crippen MR) is 82.1 cm³/mol. The number of nitrogens with two attached hydrogens (primary N) is 1. The maximum atomic E-state index is 12.4. The molecule has 6 heteroatoms. The molecule has 0 radical (unpaired) electrons. The second kappa shape index (κ2) is 5.87. The monoisotopic (exact) mass is 304 g/mol. The van der Waals surface area contributed by atoms with Gasteiger partial charge >= 0.3 is 0 Å². The topological polar surface area (TPSA) is 75.0 Å². The molecule has 0 aliphatic carbocycles. The third-order valence-corrected chi connectivity index (χ3v) is 4.11. The van der Waals surface area contributed by atoms with Gasteiger partial charge in [0.25, 0.3) is 5.91 Å². The van der Waals surface area contributed by atoms with Gasteiger partial charge in [0.1, 0.15) is 5.69 Å². The van der Waals surface area contributed by atoms with Crippen LogP contribution in [0.4, 0.5) is 0 Å². The van der Waals surface area contributed by atoms with Crippen LogP contribution >= 0.6 is 11.6 Å². The molecule has 21 heavy (non-hydrogen) atoms. The van der Waals surface area contributed by atoms with Crippen molar-refractivity contribution in [2.45, 2.75) is 6.42 Å². The number of amides is 1. The van der Waals surface area contributed by atoms with E-state index >= 15 is 0 Å². The SMILES string of the molecule is NC[C@H]1CCN(C(=O)c2cc(-c3ccc(Cl)cc3)n[nH]2)C1. The van der Waals surface area contributed by atoms with Crippen molar-refractivity contribution in [2.24, 2.45) is 11.7 Å². The Morgan fingerprint density at radius 3 is 2.86 bits per heavy atom. The Balaban J connectivity index is 1.75. The summed E-state index contributed by atoms with van der Waals surface area (Å²) in [6, 6.07) is 9.15. The maximum Gasteiger partial charge on any atom is 0.271 e. The van der Waals surface area contributed by atoms with Gasteiger partial charge < -0.3 is 10.6 Å². The molecule has 3 N–H and O–H groups in total. The summed E-state index contributed by atoms with van der Waals surface area (Å²) in [6.07, 6.45) is 0.973. The number of hydrogen-bond donors (Lipinski definition) is 2. The molecule has 0 spiro atoms. The molecule has 2 heterocycles. The number of nitrogens with zero attached hydrogens (tertiary/aromatic N) is 2. The van der Waals surface area contributed by atoms with E-state index in [1.807, 2.05) is 17.0 Å². The molecule has 3 rings (SSSR count). The van der Waals surface area contributed by atoms with Gasteiger partial charge in [0, 0.05) is 23.7 Å². The highest BCUT2D eigenvalue weighted by Gasteiger charge is 2.27. The lowest BCUT2D eigenvalue weighted by atomic mass is 10.1. The largest absolute Gasteiger partial charge is 0.337 e. The third kappa shape index (κ3) is 2.94. The van der Waals surface area contributed by atoms with Crippen LogP contribution in [0.1, 0.15) is 16.9 Å². The van der Waals surface area contributed by atoms with Gasteiger partial charge in [0.15, 0.2) is 0 Å². The summed E-state index contributed by atoms with van der Waals surface area (Å²) in [6.45, 7) is 2.11. The van der Waals surface area contributed by atoms with Crippen LogP contribution in [0.25, 0.3) is 11.3 Å². The first-order valence-electron chi connectivity index (χ1n) is 6.98. The number of H-pyrrole nitrogens is 1. The molecule has 1 aliphatic rings. The molecule has 0 saturated carbocycles. The fourth-order valence-corrected chi connectivity index (χ4v) is 2.71. The third-order valence-electron chi connectivity index (χ3n) is 3.85. The van der Waals surface area contributed by atoms with Crippen LogP contribution in [-0.2, 0) is 0 Å². The Kier molecular flexibility index (Phi) is 3.94. The molecule has 1 fully saturated rings. The van der Waals surface area contributed by atoms with Gasteiger partial charge in [-0.25, -0.2) is 0 Å². The molecule has 1 aliphatic heterocycles. The zero-order chi connectivity index (χ0) is 14.8. The lowest BCUT2D eigenvalue weighted by molar-refractivity contribution is 0.0782. The number of nitrogens with one attached hydrogen (secondary N) is 1. The van der Waals surface area contributed by atoms with Crippen LogP contribution in [0.15, 0.2) is 30.3 Å². The second-order valence-electron chi connectivity index (χ2n) is 5.32. The fraction of sp³-hybridized carbons (Fsp3) is 0.333. The Morgan fingerprint density at radius 1 is 1.43 bits per heavy atom. The molecule has 1 amide bonds. The molecule has 1 aromatic carbocycles. The van der Waals surface area contributed by atoms with E-state index < -0.39 is 0 Å². The number of halogens is 1. The highest BCUT2D eigenvalue weighted by Crippen LogP contribution is 2.22. The van der Waals surface area contributed by atoms with Crippen molar-refractivity contribution >= 4 is 17.5 Å². The van der Waals surface area contributed by atoms with Crippen molar-refractivity contribution in [3.63, 3.8) is 0 Å². The minimum atomic E-state index is -0.0151. The van der Waals surface area contributed by atoms with Crippen LogP contribution in [0, 0.1) is 5.92 Å². The first-order chi connectivity index (χ1) is 10.2. The van der Waals surface area contributed by atoms with Gasteiger partial charge in [-0.15, -0.1) is 0 Å². The van der Waals surface area contributed by atoms with E-state index in [9.17, 15) is 4.79 Å². The summed E-state index contributed by atoms with van der Waals surface area (Å²) >= 11 is 5.87. The summed E-state index contributed by atoms with van der Waals surface area (Å²) in [5.41, 5.74) is 7.84. The molecule has 1 atom stereocenters. The molecule has 110 valence electrons.